The summed E-state index contributed by atoms with van der Waals surface area (Å²) < 4.78 is 17.2. The molecule has 0 atom stereocenters. The van der Waals surface area contributed by atoms with Gasteiger partial charge in [-0.05, 0) is 29.2 Å². The third-order valence-electron chi connectivity index (χ3n) is 5.46. The van der Waals surface area contributed by atoms with Gasteiger partial charge in [0, 0.05) is 31.6 Å². The molecule has 0 saturated heterocycles. The van der Waals surface area contributed by atoms with E-state index in [-0.39, 0.29) is 6.42 Å². The molecular formula is C26H30N2O5. The standard InChI is InChI=1S/C26H30N2O5/c1-18-20(10-7-11-22(18)19-8-5-4-6-9-19)17-33-21-14-24(31-2)23(25(15-21)32-3)16-27-13-12-26(29)28-30/h4-11,14-15,27,30H,12-13,16-17H2,1-3H3,(H,28,29). The predicted octanol–water partition coefficient (Wildman–Crippen LogP) is 4.24. The van der Waals surface area contributed by atoms with E-state index >= 15 is 0 Å². The molecular weight excluding hydrogens is 420 g/mol. The highest BCUT2D eigenvalue weighted by atomic mass is 16.5. The highest BCUT2D eigenvalue weighted by Crippen LogP contribution is 2.35. The normalized spacial score (nSPS) is 10.5. The first kappa shape index (κ1) is 24.1. The molecule has 0 saturated carbocycles. The number of carbonyl (C=O) groups is 1. The van der Waals surface area contributed by atoms with E-state index in [9.17, 15) is 4.79 Å². The number of benzene rings is 3. The minimum atomic E-state index is -0.447. The van der Waals surface area contributed by atoms with Crippen molar-refractivity contribution >= 4 is 5.91 Å². The first-order valence-electron chi connectivity index (χ1n) is 10.7. The fourth-order valence-corrected chi connectivity index (χ4v) is 3.62. The maximum atomic E-state index is 11.2. The van der Waals surface area contributed by atoms with Crippen molar-refractivity contribution < 1.29 is 24.2 Å². The van der Waals surface area contributed by atoms with Crippen LogP contribution in [0.5, 0.6) is 17.2 Å². The van der Waals surface area contributed by atoms with Crippen molar-refractivity contribution in [2.24, 2.45) is 0 Å². The number of ether oxygens (including phenoxy) is 3. The first-order valence-corrected chi connectivity index (χ1v) is 10.7. The number of hydroxylamine groups is 1. The number of nitrogens with one attached hydrogen (secondary N) is 2. The van der Waals surface area contributed by atoms with Crippen molar-refractivity contribution in [3.05, 3.63) is 77.4 Å². The van der Waals surface area contributed by atoms with E-state index in [4.69, 9.17) is 19.4 Å². The molecule has 0 spiro atoms. The smallest absolute Gasteiger partial charge is 0.244 e. The zero-order valence-corrected chi connectivity index (χ0v) is 19.2. The van der Waals surface area contributed by atoms with Crippen molar-refractivity contribution in [2.75, 3.05) is 20.8 Å². The Labute approximate surface area is 194 Å². The second kappa shape index (κ2) is 11.9. The minimum absolute atomic E-state index is 0.156. The van der Waals surface area contributed by atoms with Gasteiger partial charge in [0.15, 0.2) is 0 Å². The van der Waals surface area contributed by atoms with Crippen molar-refractivity contribution in [1.82, 2.24) is 10.8 Å². The third-order valence-corrected chi connectivity index (χ3v) is 5.46. The van der Waals surface area contributed by atoms with Gasteiger partial charge in [0.05, 0.1) is 19.8 Å². The second-order valence-corrected chi connectivity index (χ2v) is 7.51. The van der Waals surface area contributed by atoms with Gasteiger partial charge in [0.25, 0.3) is 0 Å². The predicted molar refractivity (Wildman–Crippen MR) is 127 cm³/mol. The van der Waals surface area contributed by atoms with E-state index in [0.29, 0.717) is 36.9 Å². The Morgan fingerprint density at radius 1 is 0.970 bits per heavy atom. The summed E-state index contributed by atoms with van der Waals surface area (Å²) in [6.07, 6.45) is 0.156. The molecule has 3 rings (SSSR count). The lowest BCUT2D eigenvalue weighted by atomic mass is 9.97. The molecule has 0 radical (unpaired) electrons. The molecule has 0 heterocycles. The van der Waals surface area contributed by atoms with E-state index in [2.05, 4.69) is 36.5 Å². The maximum Gasteiger partial charge on any atom is 0.244 e. The van der Waals surface area contributed by atoms with Crippen molar-refractivity contribution in [1.29, 1.82) is 0 Å². The average molecular weight is 451 g/mol. The SMILES string of the molecule is COc1cc(OCc2cccc(-c3ccccc3)c2C)cc(OC)c1CNCCC(=O)NO. The summed E-state index contributed by atoms with van der Waals surface area (Å²) in [7, 11) is 3.18. The van der Waals surface area contributed by atoms with Crippen LogP contribution in [0, 0.1) is 6.92 Å². The zero-order chi connectivity index (χ0) is 23.6. The van der Waals surface area contributed by atoms with E-state index in [0.717, 1.165) is 11.1 Å². The Morgan fingerprint density at radius 3 is 2.30 bits per heavy atom. The molecule has 7 heteroatoms. The third kappa shape index (κ3) is 6.25. The van der Waals surface area contributed by atoms with Gasteiger partial charge in [-0.1, -0.05) is 48.5 Å². The van der Waals surface area contributed by atoms with Gasteiger partial charge in [-0.2, -0.15) is 0 Å². The molecule has 0 bridgehead atoms. The van der Waals surface area contributed by atoms with E-state index < -0.39 is 5.91 Å². The highest BCUT2D eigenvalue weighted by Gasteiger charge is 2.14. The maximum absolute atomic E-state index is 11.2. The highest BCUT2D eigenvalue weighted by molar-refractivity contribution is 5.74. The largest absolute Gasteiger partial charge is 0.496 e. The number of rotatable bonds is 11. The molecule has 174 valence electrons. The van der Waals surface area contributed by atoms with E-state index in [1.165, 1.54) is 16.7 Å². The van der Waals surface area contributed by atoms with Crippen LogP contribution in [0.3, 0.4) is 0 Å². The van der Waals surface area contributed by atoms with Crippen LogP contribution in [0.2, 0.25) is 0 Å². The summed E-state index contributed by atoms with van der Waals surface area (Å²) in [4.78, 5) is 11.2. The van der Waals surface area contributed by atoms with Crippen LogP contribution >= 0.6 is 0 Å². The molecule has 0 aromatic heterocycles. The molecule has 3 N–H and O–H groups in total. The summed E-state index contributed by atoms with van der Waals surface area (Å²) in [6.45, 7) is 3.35. The van der Waals surface area contributed by atoms with Gasteiger partial charge in [-0.25, -0.2) is 5.48 Å². The summed E-state index contributed by atoms with van der Waals surface area (Å²) >= 11 is 0. The van der Waals surface area contributed by atoms with Gasteiger partial charge >= 0.3 is 0 Å². The van der Waals surface area contributed by atoms with Crippen LogP contribution < -0.4 is 25.0 Å². The average Bonchev–Trinajstić information content (AvgIpc) is 2.86. The van der Waals surface area contributed by atoms with Gasteiger partial charge in [0.1, 0.15) is 23.9 Å². The Morgan fingerprint density at radius 2 is 1.67 bits per heavy atom. The summed E-state index contributed by atoms with van der Waals surface area (Å²) in [6, 6.07) is 20.2. The molecule has 0 aliphatic carbocycles. The van der Waals surface area contributed by atoms with E-state index in [1.807, 2.05) is 36.4 Å². The van der Waals surface area contributed by atoms with Gasteiger partial charge in [-0.3, -0.25) is 10.0 Å². The summed E-state index contributed by atoms with van der Waals surface area (Å²) in [5, 5.41) is 11.7. The van der Waals surface area contributed by atoms with Crippen LogP contribution in [-0.2, 0) is 17.9 Å². The number of hydrogen-bond acceptors (Lipinski definition) is 6. The second-order valence-electron chi connectivity index (χ2n) is 7.51. The van der Waals surface area contributed by atoms with Crippen LogP contribution in [0.4, 0.5) is 0 Å². The van der Waals surface area contributed by atoms with Crippen molar-refractivity contribution in [3.8, 4) is 28.4 Å². The summed E-state index contributed by atoms with van der Waals surface area (Å²) in [5.41, 5.74) is 7.07. The quantitative estimate of drug-likeness (QED) is 0.230. The Balaban J connectivity index is 1.73. The minimum Gasteiger partial charge on any atom is -0.496 e. The molecule has 3 aromatic rings. The zero-order valence-electron chi connectivity index (χ0n) is 19.2. The van der Waals surface area contributed by atoms with Gasteiger partial charge in [-0.15, -0.1) is 0 Å². The monoisotopic (exact) mass is 450 g/mol. The van der Waals surface area contributed by atoms with Crippen LogP contribution in [0.1, 0.15) is 23.1 Å². The number of methoxy groups -OCH3 is 2. The fourth-order valence-electron chi connectivity index (χ4n) is 3.62. The number of amides is 1. The Bertz CT molecular complexity index is 1040. The molecule has 7 nitrogen and oxygen atoms in total. The number of hydrogen-bond donors (Lipinski definition) is 3. The lowest BCUT2D eigenvalue weighted by molar-refractivity contribution is -0.129. The number of carbonyl (C=O) groups excluding carboxylic acids is 1. The molecule has 0 aliphatic heterocycles. The summed E-state index contributed by atoms with van der Waals surface area (Å²) in [5.74, 6) is 1.44. The van der Waals surface area contributed by atoms with Crippen LogP contribution in [0.15, 0.2) is 60.7 Å². The van der Waals surface area contributed by atoms with Gasteiger partial charge in [0.2, 0.25) is 5.91 Å². The topological polar surface area (TPSA) is 89.0 Å². The van der Waals surface area contributed by atoms with Crippen LogP contribution in [-0.4, -0.2) is 31.9 Å². The molecule has 1 amide bonds. The lowest BCUT2D eigenvalue weighted by Gasteiger charge is -2.17. The van der Waals surface area contributed by atoms with E-state index in [1.54, 1.807) is 19.7 Å². The Hall–Kier alpha value is -3.55. The molecule has 0 aliphatic rings. The molecule has 3 aromatic carbocycles. The van der Waals surface area contributed by atoms with Gasteiger partial charge < -0.3 is 19.5 Å². The van der Waals surface area contributed by atoms with Crippen molar-refractivity contribution in [3.63, 3.8) is 0 Å². The lowest BCUT2D eigenvalue weighted by Crippen LogP contribution is -2.25. The van der Waals surface area contributed by atoms with Crippen LogP contribution in [0.25, 0.3) is 11.1 Å². The molecule has 0 fully saturated rings. The van der Waals surface area contributed by atoms with Crippen molar-refractivity contribution in [2.45, 2.75) is 26.5 Å². The fraction of sp³-hybridized carbons (Fsp3) is 0.269. The molecule has 33 heavy (non-hydrogen) atoms. The molecule has 0 unspecified atom stereocenters. The first-order chi connectivity index (χ1) is 16.1. The Kier molecular flexibility index (Phi) is 8.69.